The molecule has 0 radical (unpaired) electrons. The molecule has 1 aromatic carbocycles. The molecule has 24 heavy (non-hydrogen) atoms. The van der Waals surface area contributed by atoms with E-state index < -0.39 is 0 Å². The minimum atomic E-state index is 0. The number of aliphatic imine (C=N–C) groups is 1. The first kappa shape index (κ1) is 21.4. The summed E-state index contributed by atoms with van der Waals surface area (Å²) in [7, 11) is 3.47. The molecule has 0 bridgehead atoms. The van der Waals surface area contributed by atoms with Crippen molar-refractivity contribution < 1.29 is 9.47 Å². The van der Waals surface area contributed by atoms with E-state index in [1.54, 1.807) is 14.2 Å². The number of benzene rings is 1. The number of rotatable bonds is 8. The van der Waals surface area contributed by atoms with E-state index in [9.17, 15) is 0 Å². The van der Waals surface area contributed by atoms with Gasteiger partial charge in [-0.15, -0.1) is 24.0 Å². The molecule has 0 saturated carbocycles. The average molecular weight is 465 g/mol. The Bertz CT molecular complexity index is 496. The van der Waals surface area contributed by atoms with E-state index in [2.05, 4.69) is 15.6 Å². The Morgan fingerprint density at radius 2 is 2.25 bits per heavy atom. The fourth-order valence-corrected chi connectivity index (χ4v) is 3.63. The average Bonchev–Trinajstić information content (AvgIpc) is 3.11. The van der Waals surface area contributed by atoms with Crippen molar-refractivity contribution in [3.63, 3.8) is 0 Å². The Balaban J connectivity index is 0.00000288. The monoisotopic (exact) mass is 465 g/mol. The highest BCUT2D eigenvalue weighted by atomic mass is 127. The van der Waals surface area contributed by atoms with Crippen molar-refractivity contribution in [2.75, 3.05) is 39.6 Å². The molecule has 136 valence electrons. The largest absolute Gasteiger partial charge is 0.497 e. The number of guanidine groups is 1. The van der Waals surface area contributed by atoms with Gasteiger partial charge in [0.2, 0.25) is 0 Å². The van der Waals surface area contributed by atoms with Gasteiger partial charge in [0, 0.05) is 25.4 Å². The molecule has 1 heterocycles. The number of thioether (sulfide) groups is 1. The molecule has 1 unspecified atom stereocenters. The standard InChI is InChI=1S/C17H27N3O2S.HI/c1-18-17(20-12-16-7-4-10-23-16)19-8-9-22-13-14-5-3-6-15(11-14)21-2;/h3,5-6,11,16H,4,7-10,12-13H2,1-2H3,(H2,18,19,20);1H. The highest BCUT2D eigenvalue weighted by Gasteiger charge is 2.15. The Morgan fingerprint density at radius 1 is 1.38 bits per heavy atom. The van der Waals surface area contributed by atoms with E-state index in [0.717, 1.165) is 35.6 Å². The lowest BCUT2D eigenvalue weighted by atomic mass is 10.2. The van der Waals surface area contributed by atoms with Gasteiger partial charge in [-0.1, -0.05) is 12.1 Å². The van der Waals surface area contributed by atoms with Crippen molar-refractivity contribution in [2.24, 2.45) is 4.99 Å². The lowest BCUT2D eigenvalue weighted by molar-refractivity contribution is 0.125. The minimum absolute atomic E-state index is 0. The molecule has 5 nitrogen and oxygen atoms in total. The Hall–Kier alpha value is -0.670. The molecule has 1 atom stereocenters. The van der Waals surface area contributed by atoms with Crippen LogP contribution in [-0.2, 0) is 11.3 Å². The summed E-state index contributed by atoms with van der Waals surface area (Å²) in [6, 6.07) is 7.94. The van der Waals surface area contributed by atoms with E-state index in [4.69, 9.17) is 9.47 Å². The highest BCUT2D eigenvalue weighted by Crippen LogP contribution is 2.25. The van der Waals surface area contributed by atoms with Crippen LogP contribution < -0.4 is 15.4 Å². The smallest absolute Gasteiger partial charge is 0.191 e. The molecule has 1 aliphatic heterocycles. The van der Waals surface area contributed by atoms with E-state index >= 15 is 0 Å². The van der Waals surface area contributed by atoms with Gasteiger partial charge in [0.05, 0.1) is 20.3 Å². The SMILES string of the molecule is CN=C(NCCOCc1cccc(OC)c1)NCC1CCCS1.I. The topological polar surface area (TPSA) is 54.9 Å². The van der Waals surface area contributed by atoms with Crippen molar-refractivity contribution in [1.82, 2.24) is 10.6 Å². The summed E-state index contributed by atoms with van der Waals surface area (Å²) in [6.45, 7) is 2.94. The molecule has 1 aromatic rings. The number of nitrogens with zero attached hydrogens (tertiary/aromatic N) is 1. The van der Waals surface area contributed by atoms with Crippen LogP contribution in [0.15, 0.2) is 29.3 Å². The van der Waals surface area contributed by atoms with Gasteiger partial charge < -0.3 is 20.1 Å². The fraction of sp³-hybridized carbons (Fsp3) is 0.588. The molecule has 0 aromatic heterocycles. The number of halogens is 1. The van der Waals surface area contributed by atoms with Crippen LogP contribution in [0.2, 0.25) is 0 Å². The summed E-state index contributed by atoms with van der Waals surface area (Å²) in [4.78, 5) is 4.24. The summed E-state index contributed by atoms with van der Waals surface area (Å²) in [5, 5.41) is 7.38. The molecule has 2 rings (SSSR count). The van der Waals surface area contributed by atoms with E-state index in [1.165, 1.54) is 18.6 Å². The number of ether oxygens (including phenoxy) is 2. The summed E-state index contributed by atoms with van der Waals surface area (Å²) >= 11 is 2.05. The fourth-order valence-electron chi connectivity index (χ4n) is 2.43. The van der Waals surface area contributed by atoms with Crippen LogP contribution in [0.3, 0.4) is 0 Å². The summed E-state index contributed by atoms with van der Waals surface area (Å²) in [5.41, 5.74) is 1.12. The van der Waals surface area contributed by atoms with Crippen molar-refractivity contribution in [3.05, 3.63) is 29.8 Å². The molecule has 0 amide bonds. The van der Waals surface area contributed by atoms with Gasteiger partial charge in [-0.05, 0) is 36.3 Å². The number of hydrogen-bond donors (Lipinski definition) is 2. The van der Waals surface area contributed by atoms with Crippen LogP contribution in [0.4, 0.5) is 0 Å². The summed E-state index contributed by atoms with van der Waals surface area (Å²) in [5.74, 6) is 3.00. The minimum Gasteiger partial charge on any atom is -0.497 e. The molecule has 0 spiro atoms. The molecular formula is C17H28IN3O2S. The maximum absolute atomic E-state index is 5.69. The number of methoxy groups -OCH3 is 1. The first-order valence-electron chi connectivity index (χ1n) is 8.08. The van der Waals surface area contributed by atoms with Gasteiger partial charge >= 0.3 is 0 Å². The van der Waals surface area contributed by atoms with E-state index in [1.807, 2.05) is 36.0 Å². The lowest BCUT2D eigenvalue weighted by Crippen LogP contribution is -2.41. The predicted octanol–water partition coefficient (Wildman–Crippen LogP) is 2.89. The highest BCUT2D eigenvalue weighted by molar-refractivity contribution is 14.0. The molecule has 1 fully saturated rings. The van der Waals surface area contributed by atoms with Gasteiger partial charge in [0.15, 0.2) is 5.96 Å². The third-order valence-electron chi connectivity index (χ3n) is 3.69. The zero-order chi connectivity index (χ0) is 16.3. The Morgan fingerprint density at radius 3 is 2.96 bits per heavy atom. The maximum atomic E-state index is 5.69. The number of nitrogens with one attached hydrogen (secondary N) is 2. The molecule has 1 aliphatic rings. The van der Waals surface area contributed by atoms with Crippen molar-refractivity contribution in [3.8, 4) is 5.75 Å². The van der Waals surface area contributed by atoms with Crippen molar-refractivity contribution in [2.45, 2.75) is 24.7 Å². The third kappa shape index (κ3) is 7.94. The summed E-state index contributed by atoms with van der Waals surface area (Å²) < 4.78 is 10.9. The number of hydrogen-bond acceptors (Lipinski definition) is 4. The van der Waals surface area contributed by atoms with Gasteiger partial charge in [-0.2, -0.15) is 11.8 Å². The van der Waals surface area contributed by atoms with Gasteiger partial charge in [0.1, 0.15) is 5.75 Å². The predicted molar refractivity (Wildman–Crippen MR) is 113 cm³/mol. The molecule has 7 heteroatoms. The van der Waals surface area contributed by atoms with Gasteiger partial charge in [-0.3, -0.25) is 4.99 Å². The second-order valence-electron chi connectivity index (χ2n) is 5.42. The van der Waals surface area contributed by atoms with Crippen molar-refractivity contribution >= 4 is 41.7 Å². The van der Waals surface area contributed by atoms with Crippen LogP contribution in [0, 0.1) is 0 Å². The normalized spacial score (nSPS) is 17.2. The zero-order valence-corrected chi connectivity index (χ0v) is 17.6. The van der Waals surface area contributed by atoms with Gasteiger partial charge in [0.25, 0.3) is 0 Å². The van der Waals surface area contributed by atoms with Crippen molar-refractivity contribution in [1.29, 1.82) is 0 Å². The van der Waals surface area contributed by atoms with Gasteiger partial charge in [-0.25, -0.2) is 0 Å². The first-order chi connectivity index (χ1) is 11.3. The van der Waals surface area contributed by atoms with E-state index in [0.29, 0.717) is 13.2 Å². The van der Waals surface area contributed by atoms with Crippen LogP contribution in [0.25, 0.3) is 0 Å². The Kier molecular flexibility index (Phi) is 11.3. The molecule has 2 N–H and O–H groups in total. The second kappa shape index (κ2) is 12.7. The van der Waals surface area contributed by atoms with E-state index in [-0.39, 0.29) is 24.0 Å². The zero-order valence-electron chi connectivity index (χ0n) is 14.4. The Labute approximate surface area is 166 Å². The van der Waals surface area contributed by atoms with Crippen LogP contribution in [0.5, 0.6) is 5.75 Å². The first-order valence-corrected chi connectivity index (χ1v) is 9.13. The van der Waals surface area contributed by atoms with Crippen LogP contribution in [-0.4, -0.2) is 50.8 Å². The van der Waals surface area contributed by atoms with Crippen LogP contribution in [0.1, 0.15) is 18.4 Å². The third-order valence-corrected chi connectivity index (χ3v) is 5.08. The van der Waals surface area contributed by atoms with Crippen LogP contribution >= 0.6 is 35.7 Å². The molecule has 1 saturated heterocycles. The molecule has 0 aliphatic carbocycles. The molecular weight excluding hydrogens is 437 g/mol. The summed E-state index contributed by atoms with van der Waals surface area (Å²) in [6.07, 6.45) is 2.64. The lowest BCUT2D eigenvalue weighted by Gasteiger charge is -2.14. The quantitative estimate of drug-likeness (QED) is 0.268. The maximum Gasteiger partial charge on any atom is 0.191 e. The second-order valence-corrected chi connectivity index (χ2v) is 6.83.